The van der Waals surface area contributed by atoms with Gasteiger partial charge >= 0.3 is 17.4 Å². The van der Waals surface area contributed by atoms with Crippen molar-refractivity contribution in [3.63, 3.8) is 0 Å². The Balaban J connectivity index is 1.86. The highest BCUT2D eigenvalue weighted by Crippen LogP contribution is 2.29. The third-order valence-electron chi connectivity index (χ3n) is 6.82. The first-order valence-corrected chi connectivity index (χ1v) is 14.7. The van der Waals surface area contributed by atoms with Crippen molar-refractivity contribution in [3.05, 3.63) is 30.0 Å². The molecule has 1 N–H and O–H groups in total. The van der Waals surface area contributed by atoms with Crippen LogP contribution in [0.5, 0.6) is 0 Å². The number of allylic oxidation sites excluding steroid dienone is 1. The van der Waals surface area contributed by atoms with Crippen molar-refractivity contribution in [2.75, 3.05) is 47.8 Å². The number of rotatable bonds is 11. The van der Waals surface area contributed by atoms with Gasteiger partial charge in [0.2, 0.25) is 5.95 Å². The van der Waals surface area contributed by atoms with E-state index in [0.29, 0.717) is 37.0 Å². The number of carbonyl (C=O) groups is 3. The number of esters is 1. The average molecular weight is 591 g/mol. The minimum Gasteiger partial charge on any atom is -0.458 e. The SMILES string of the molecule is CCN(CC)c1ncc(N(CC)C(=O)Cl)c(N[C@@H](CC2=CCC(OC(=O)N3CCCC3)C=C2)C(=O)OC(C)(C)C)n1. The summed E-state index contributed by atoms with van der Waals surface area (Å²) in [6, 6.07) is -0.837. The Bertz CT molecular complexity index is 1140. The van der Waals surface area contributed by atoms with Gasteiger partial charge in [0.1, 0.15) is 23.4 Å². The van der Waals surface area contributed by atoms with Gasteiger partial charge in [0.15, 0.2) is 5.82 Å². The van der Waals surface area contributed by atoms with Gasteiger partial charge in [-0.15, -0.1) is 0 Å². The molecule has 1 fully saturated rings. The van der Waals surface area contributed by atoms with E-state index in [1.165, 1.54) is 11.1 Å². The molecule has 226 valence electrons. The molecule has 1 unspecified atom stereocenters. The van der Waals surface area contributed by atoms with Crippen LogP contribution in [0.2, 0.25) is 0 Å². The van der Waals surface area contributed by atoms with Gasteiger partial charge in [-0.05, 0) is 77.6 Å². The summed E-state index contributed by atoms with van der Waals surface area (Å²) in [6.45, 7) is 14.3. The molecule has 1 aliphatic carbocycles. The monoisotopic (exact) mass is 590 g/mol. The Kier molecular flexibility index (Phi) is 11.4. The van der Waals surface area contributed by atoms with Crippen LogP contribution in [0.15, 0.2) is 30.0 Å². The van der Waals surface area contributed by atoms with Crippen LogP contribution in [0.3, 0.4) is 0 Å². The van der Waals surface area contributed by atoms with Gasteiger partial charge in [-0.3, -0.25) is 9.69 Å². The Labute approximate surface area is 247 Å². The van der Waals surface area contributed by atoms with E-state index in [2.05, 4.69) is 10.3 Å². The quantitative estimate of drug-likeness (QED) is 0.202. The number of aromatic nitrogens is 2. The van der Waals surface area contributed by atoms with Crippen molar-refractivity contribution in [2.45, 2.75) is 85.0 Å². The second-order valence-corrected chi connectivity index (χ2v) is 11.3. The van der Waals surface area contributed by atoms with E-state index in [-0.39, 0.29) is 25.2 Å². The number of halogens is 1. The van der Waals surface area contributed by atoms with Crippen LogP contribution in [0.25, 0.3) is 0 Å². The molecule has 2 amide bonds. The zero-order chi connectivity index (χ0) is 30.2. The minimum absolute atomic E-state index is 0.281. The summed E-state index contributed by atoms with van der Waals surface area (Å²) in [5.74, 6) is 0.289. The fraction of sp³-hybridized carbons (Fsp3) is 0.621. The molecular weight excluding hydrogens is 548 g/mol. The minimum atomic E-state index is -0.837. The zero-order valence-corrected chi connectivity index (χ0v) is 25.7. The predicted molar refractivity (Wildman–Crippen MR) is 161 cm³/mol. The van der Waals surface area contributed by atoms with Gasteiger partial charge < -0.3 is 24.6 Å². The van der Waals surface area contributed by atoms with E-state index in [0.717, 1.165) is 31.5 Å². The number of likely N-dealkylation sites (tertiary alicyclic amines) is 1. The maximum absolute atomic E-state index is 13.4. The molecule has 1 aliphatic heterocycles. The van der Waals surface area contributed by atoms with Crippen LogP contribution in [0.4, 0.5) is 27.0 Å². The largest absolute Gasteiger partial charge is 0.458 e. The van der Waals surface area contributed by atoms with Crippen LogP contribution in [-0.4, -0.2) is 82.8 Å². The molecule has 0 bridgehead atoms. The van der Waals surface area contributed by atoms with Crippen LogP contribution < -0.4 is 15.1 Å². The molecule has 1 saturated heterocycles. The summed E-state index contributed by atoms with van der Waals surface area (Å²) in [6.07, 6.45) is 9.33. The molecule has 2 aliphatic rings. The maximum Gasteiger partial charge on any atom is 0.410 e. The van der Waals surface area contributed by atoms with Gasteiger partial charge in [0.25, 0.3) is 0 Å². The van der Waals surface area contributed by atoms with Crippen LogP contribution in [0, 0.1) is 0 Å². The summed E-state index contributed by atoms with van der Waals surface area (Å²) < 4.78 is 11.4. The van der Waals surface area contributed by atoms with Gasteiger partial charge in [0, 0.05) is 45.6 Å². The molecule has 41 heavy (non-hydrogen) atoms. The topological polar surface area (TPSA) is 117 Å². The van der Waals surface area contributed by atoms with Gasteiger partial charge in [0.05, 0.1) is 6.20 Å². The Morgan fingerprint density at radius 2 is 1.83 bits per heavy atom. The van der Waals surface area contributed by atoms with Crippen molar-refractivity contribution in [1.29, 1.82) is 0 Å². The highest BCUT2D eigenvalue weighted by molar-refractivity contribution is 6.66. The second-order valence-electron chi connectivity index (χ2n) is 11.0. The van der Waals surface area contributed by atoms with E-state index in [1.807, 2.05) is 37.0 Å². The van der Waals surface area contributed by atoms with Crippen LogP contribution in [-0.2, 0) is 14.3 Å². The summed E-state index contributed by atoms with van der Waals surface area (Å²) in [4.78, 5) is 52.3. The number of anilines is 3. The number of ether oxygens (including phenoxy) is 2. The van der Waals surface area contributed by atoms with Crippen LogP contribution >= 0.6 is 11.6 Å². The fourth-order valence-corrected chi connectivity index (χ4v) is 4.88. The summed E-state index contributed by atoms with van der Waals surface area (Å²) >= 11 is 5.88. The standard InChI is InChI=1S/C29H43ClN6O5/c1-7-34(8-2)27-31-19-23(36(9-3)26(30)38)24(33-27)32-22(25(37)41-29(4,5)6)18-20-12-14-21(15-13-20)40-28(39)35-16-10-11-17-35/h12-14,19,21-22H,7-11,15-18H2,1-6H3,(H,31,32,33)/t21?,22-/m0/s1. The predicted octanol–water partition coefficient (Wildman–Crippen LogP) is 5.51. The van der Waals surface area contributed by atoms with E-state index in [9.17, 15) is 14.4 Å². The Morgan fingerprint density at radius 1 is 1.15 bits per heavy atom. The molecule has 2 heterocycles. The molecule has 12 heteroatoms. The maximum atomic E-state index is 13.4. The first-order valence-electron chi connectivity index (χ1n) is 14.4. The van der Waals surface area contributed by atoms with Crippen molar-refractivity contribution < 1.29 is 23.9 Å². The lowest BCUT2D eigenvalue weighted by atomic mass is 9.98. The zero-order valence-electron chi connectivity index (χ0n) is 25.0. The number of nitrogens with zero attached hydrogens (tertiary/aromatic N) is 5. The van der Waals surface area contributed by atoms with Crippen molar-refractivity contribution >= 4 is 46.5 Å². The van der Waals surface area contributed by atoms with Gasteiger partial charge in [-0.2, -0.15) is 4.98 Å². The summed E-state index contributed by atoms with van der Waals surface area (Å²) in [5, 5.41) is 2.56. The smallest absolute Gasteiger partial charge is 0.410 e. The van der Waals surface area contributed by atoms with Gasteiger partial charge in [-0.25, -0.2) is 14.6 Å². The molecule has 2 atom stereocenters. The molecule has 0 aromatic carbocycles. The lowest BCUT2D eigenvalue weighted by molar-refractivity contribution is -0.155. The number of amides is 2. The van der Waals surface area contributed by atoms with E-state index < -0.39 is 23.0 Å². The molecule has 11 nitrogen and oxygen atoms in total. The average Bonchev–Trinajstić information content (AvgIpc) is 3.46. The Hall–Kier alpha value is -3.34. The van der Waals surface area contributed by atoms with Crippen LogP contribution in [0.1, 0.15) is 67.2 Å². The fourth-order valence-electron chi connectivity index (χ4n) is 4.67. The molecule has 0 radical (unpaired) electrons. The normalized spacial score (nSPS) is 17.5. The molecule has 1 aromatic heterocycles. The lowest BCUT2D eigenvalue weighted by Crippen LogP contribution is -2.38. The molecule has 1 aromatic rings. The number of hydrogen-bond acceptors (Lipinski definition) is 9. The molecule has 0 saturated carbocycles. The Morgan fingerprint density at radius 3 is 2.37 bits per heavy atom. The lowest BCUT2D eigenvalue weighted by Gasteiger charge is -2.28. The molecule has 3 rings (SSSR count). The number of carbonyl (C=O) groups excluding carboxylic acids is 3. The highest BCUT2D eigenvalue weighted by Gasteiger charge is 2.30. The third-order valence-corrected chi connectivity index (χ3v) is 7.02. The highest BCUT2D eigenvalue weighted by atomic mass is 35.5. The van der Waals surface area contributed by atoms with E-state index in [4.69, 9.17) is 26.1 Å². The third kappa shape index (κ3) is 9.08. The van der Waals surface area contributed by atoms with Crippen molar-refractivity contribution in [2.24, 2.45) is 0 Å². The van der Waals surface area contributed by atoms with Gasteiger partial charge in [-0.1, -0.05) is 12.2 Å². The van der Waals surface area contributed by atoms with Crippen molar-refractivity contribution in [3.8, 4) is 0 Å². The molecule has 0 spiro atoms. The number of nitrogens with one attached hydrogen (secondary N) is 1. The summed E-state index contributed by atoms with van der Waals surface area (Å²) in [7, 11) is 0. The summed E-state index contributed by atoms with van der Waals surface area (Å²) in [5.41, 5.74) is 0.520. The van der Waals surface area contributed by atoms with E-state index >= 15 is 0 Å². The second kappa shape index (κ2) is 14.5. The van der Waals surface area contributed by atoms with E-state index in [1.54, 1.807) is 32.6 Å². The number of hydrogen-bond donors (Lipinski definition) is 1. The molecular formula is C29H43ClN6O5. The first kappa shape index (κ1) is 32.2. The van der Waals surface area contributed by atoms with Crippen molar-refractivity contribution in [1.82, 2.24) is 14.9 Å². The first-order chi connectivity index (χ1) is 19.4.